The zero-order chi connectivity index (χ0) is 14.5. The van der Waals surface area contributed by atoms with Crippen LogP contribution in [0.15, 0.2) is 24.3 Å². The highest BCUT2D eigenvalue weighted by Crippen LogP contribution is 2.21. The summed E-state index contributed by atoms with van der Waals surface area (Å²) in [5.41, 5.74) is 1.19. The number of carbonyl (C=O) groups is 1. The van der Waals surface area contributed by atoms with Crippen LogP contribution in [0.25, 0.3) is 0 Å². The van der Waals surface area contributed by atoms with E-state index in [0.29, 0.717) is 0 Å². The first kappa shape index (κ1) is 14.7. The first-order chi connectivity index (χ1) is 9.60. The van der Waals surface area contributed by atoms with Crippen molar-refractivity contribution in [3.63, 3.8) is 0 Å². The van der Waals surface area contributed by atoms with E-state index in [-0.39, 0.29) is 12.5 Å². The number of carboxylic acids is 1. The Hall–Kier alpha value is -1.75. The van der Waals surface area contributed by atoms with Crippen LogP contribution in [0.2, 0.25) is 0 Å². The van der Waals surface area contributed by atoms with Gasteiger partial charge in [-0.2, -0.15) is 0 Å². The molecule has 1 aliphatic heterocycles. The van der Waals surface area contributed by atoms with Gasteiger partial charge in [-0.05, 0) is 31.2 Å². The van der Waals surface area contributed by atoms with E-state index in [1.54, 1.807) is 7.11 Å². The van der Waals surface area contributed by atoms with Crippen LogP contribution in [-0.4, -0.2) is 55.3 Å². The summed E-state index contributed by atoms with van der Waals surface area (Å²) in [7, 11) is 1.66. The summed E-state index contributed by atoms with van der Waals surface area (Å²) in [6.45, 7) is 5.64. The van der Waals surface area contributed by atoms with Crippen molar-refractivity contribution in [2.75, 3.05) is 38.2 Å². The minimum atomic E-state index is -0.727. The number of anilines is 1. The lowest BCUT2D eigenvalue weighted by Crippen LogP contribution is -2.50. The number of nitrogens with zero attached hydrogens (tertiary/aromatic N) is 2. The normalized spacial score (nSPS) is 17.8. The predicted molar refractivity (Wildman–Crippen MR) is 78.5 cm³/mol. The average Bonchev–Trinajstić information content (AvgIpc) is 2.47. The first-order valence-electron chi connectivity index (χ1n) is 6.95. The summed E-state index contributed by atoms with van der Waals surface area (Å²) in [6, 6.07) is 8.17. The van der Waals surface area contributed by atoms with E-state index in [9.17, 15) is 4.79 Å². The van der Waals surface area contributed by atoms with Crippen molar-refractivity contribution in [3.8, 4) is 5.75 Å². The van der Waals surface area contributed by atoms with Gasteiger partial charge in [-0.1, -0.05) is 0 Å². The second-order valence-electron chi connectivity index (χ2n) is 5.17. The Morgan fingerprint density at radius 1 is 1.25 bits per heavy atom. The lowest BCUT2D eigenvalue weighted by Gasteiger charge is -2.38. The highest BCUT2D eigenvalue weighted by molar-refractivity contribution is 5.67. The van der Waals surface area contributed by atoms with Crippen molar-refractivity contribution in [2.24, 2.45) is 0 Å². The summed E-state index contributed by atoms with van der Waals surface area (Å²) >= 11 is 0. The van der Waals surface area contributed by atoms with Crippen LogP contribution in [0, 0.1) is 0 Å². The van der Waals surface area contributed by atoms with Gasteiger partial charge in [0.2, 0.25) is 0 Å². The van der Waals surface area contributed by atoms with Crippen molar-refractivity contribution in [1.82, 2.24) is 4.90 Å². The summed E-state index contributed by atoms with van der Waals surface area (Å²) in [5.74, 6) is 0.137. The highest BCUT2D eigenvalue weighted by Gasteiger charge is 2.22. The molecule has 1 heterocycles. The van der Waals surface area contributed by atoms with Gasteiger partial charge in [-0.3, -0.25) is 9.69 Å². The first-order valence-corrected chi connectivity index (χ1v) is 6.95. The number of piperazine rings is 1. The van der Waals surface area contributed by atoms with Gasteiger partial charge >= 0.3 is 5.97 Å². The van der Waals surface area contributed by atoms with E-state index in [1.807, 2.05) is 19.1 Å². The molecule has 1 aromatic rings. The Balaban J connectivity index is 1.88. The molecule has 0 radical (unpaired) electrons. The third kappa shape index (κ3) is 3.63. The van der Waals surface area contributed by atoms with Crippen LogP contribution < -0.4 is 9.64 Å². The summed E-state index contributed by atoms with van der Waals surface area (Å²) < 4.78 is 5.16. The van der Waals surface area contributed by atoms with E-state index < -0.39 is 5.97 Å². The number of ether oxygens (including phenoxy) is 1. The smallest absolute Gasteiger partial charge is 0.304 e. The van der Waals surface area contributed by atoms with Gasteiger partial charge in [-0.25, -0.2) is 0 Å². The maximum atomic E-state index is 10.7. The molecule has 5 nitrogen and oxygen atoms in total. The van der Waals surface area contributed by atoms with Crippen LogP contribution in [0.4, 0.5) is 5.69 Å². The maximum absolute atomic E-state index is 10.7. The number of hydrogen-bond acceptors (Lipinski definition) is 4. The second-order valence-corrected chi connectivity index (χ2v) is 5.17. The van der Waals surface area contributed by atoms with Crippen LogP contribution in [0.1, 0.15) is 13.3 Å². The average molecular weight is 278 g/mol. The number of methoxy groups -OCH3 is 1. The molecule has 1 aromatic carbocycles. The third-order valence-electron chi connectivity index (χ3n) is 3.85. The number of hydrogen-bond donors (Lipinski definition) is 1. The molecular weight excluding hydrogens is 256 g/mol. The SMILES string of the molecule is COc1ccc(N2CCN(C(C)CC(=O)O)CC2)cc1. The molecule has 1 saturated heterocycles. The van der Waals surface area contributed by atoms with Gasteiger partial charge in [0.15, 0.2) is 0 Å². The monoisotopic (exact) mass is 278 g/mol. The van der Waals surface area contributed by atoms with Crippen LogP contribution >= 0.6 is 0 Å². The molecule has 0 spiro atoms. The lowest BCUT2D eigenvalue weighted by molar-refractivity contribution is -0.138. The number of carboxylic acid groups (broad SMARTS) is 1. The topological polar surface area (TPSA) is 53.0 Å². The predicted octanol–water partition coefficient (Wildman–Crippen LogP) is 1.68. The Bertz CT molecular complexity index is 439. The fraction of sp³-hybridized carbons (Fsp3) is 0.533. The van der Waals surface area contributed by atoms with Crippen LogP contribution in [0.5, 0.6) is 5.75 Å². The molecule has 2 rings (SSSR count). The van der Waals surface area contributed by atoms with Gasteiger partial charge in [0.05, 0.1) is 13.5 Å². The van der Waals surface area contributed by atoms with Crippen molar-refractivity contribution >= 4 is 11.7 Å². The number of rotatable bonds is 5. The van der Waals surface area contributed by atoms with Gasteiger partial charge in [0, 0.05) is 37.9 Å². The van der Waals surface area contributed by atoms with E-state index in [0.717, 1.165) is 31.9 Å². The second kappa shape index (κ2) is 6.61. The standard InChI is InChI=1S/C15H22N2O3/c1-12(11-15(18)19)16-7-9-17(10-8-16)13-3-5-14(20-2)6-4-13/h3-6,12H,7-11H2,1-2H3,(H,18,19). The number of benzene rings is 1. The summed E-state index contributed by atoms with van der Waals surface area (Å²) in [4.78, 5) is 15.3. The largest absolute Gasteiger partial charge is 0.497 e. The van der Waals surface area contributed by atoms with Crippen LogP contribution in [0.3, 0.4) is 0 Å². The van der Waals surface area contributed by atoms with Gasteiger partial charge < -0.3 is 14.7 Å². The van der Waals surface area contributed by atoms with Gasteiger partial charge in [0.1, 0.15) is 5.75 Å². The van der Waals surface area contributed by atoms with E-state index in [1.165, 1.54) is 5.69 Å². The van der Waals surface area contributed by atoms with Crippen molar-refractivity contribution < 1.29 is 14.6 Å². The molecule has 0 bridgehead atoms. The fourth-order valence-corrected chi connectivity index (χ4v) is 2.60. The van der Waals surface area contributed by atoms with Crippen molar-refractivity contribution in [1.29, 1.82) is 0 Å². The molecule has 1 fully saturated rings. The Labute approximate surface area is 119 Å². The fourth-order valence-electron chi connectivity index (χ4n) is 2.60. The molecule has 110 valence electrons. The molecule has 1 N–H and O–H groups in total. The minimum absolute atomic E-state index is 0.102. The molecule has 20 heavy (non-hydrogen) atoms. The molecular formula is C15H22N2O3. The zero-order valence-electron chi connectivity index (χ0n) is 12.1. The molecule has 0 aliphatic carbocycles. The van der Waals surface area contributed by atoms with Gasteiger partial charge in [-0.15, -0.1) is 0 Å². The van der Waals surface area contributed by atoms with E-state index in [2.05, 4.69) is 21.9 Å². The molecule has 0 saturated carbocycles. The zero-order valence-corrected chi connectivity index (χ0v) is 12.1. The molecule has 1 atom stereocenters. The molecule has 1 unspecified atom stereocenters. The Morgan fingerprint density at radius 3 is 2.35 bits per heavy atom. The van der Waals surface area contributed by atoms with Crippen LogP contribution in [-0.2, 0) is 4.79 Å². The van der Waals surface area contributed by atoms with E-state index >= 15 is 0 Å². The van der Waals surface area contributed by atoms with Gasteiger partial charge in [0.25, 0.3) is 0 Å². The van der Waals surface area contributed by atoms with Crippen molar-refractivity contribution in [3.05, 3.63) is 24.3 Å². The highest BCUT2D eigenvalue weighted by atomic mass is 16.5. The van der Waals surface area contributed by atoms with E-state index in [4.69, 9.17) is 9.84 Å². The molecule has 5 heteroatoms. The quantitative estimate of drug-likeness (QED) is 0.888. The number of aliphatic carboxylic acids is 1. The molecule has 0 aromatic heterocycles. The third-order valence-corrected chi connectivity index (χ3v) is 3.85. The lowest BCUT2D eigenvalue weighted by atomic mass is 10.1. The Kier molecular flexibility index (Phi) is 4.84. The summed E-state index contributed by atoms with van der Waals surface area (Å²) in [5, 5.41) is 8.84. The summed E-state index contributed by atoms with van der Waals surface area (Å²) in [6.07, 6.45) is 0.211. The minimum Gasteiger partial charge on any atom is -0.497 e. The molecule has 1 aliphatic rings. The Morgan fingerprint density at radius 2 is 1.85 bits per heavy atom. The molecule has 0 amide bonds. The maximum Gasteiger partial charge on any atom is 0.304 e. The van der Waals surface area contributed by atoms with Crippen molar-refractivity contribution in [2.45, 2.75) is 19.4 Å².